The highest BCUT2D eigenvalue weighted by Gasteiger charge is 2.28. The molecule has 0 spiro atoms. The molecule has 0 atom stereocenters. The van der Waals surface area contributed by atoms with E-state index in [-0.39, 0.29) is 5.41 Å². The molecule has 0 N–H and O–H groups in total. The van der Waals surface area contributed by atoms with Gasteiger partial charge in [0.05, 0.1) is 39.6 Å². The van der Waals surface area contributed by atoms with Gasteiger partial charge in [0, 0.05) is 23.9 Å². The summed E-state index contributed by atoms with van der Waals surface area (Å²) in [4.78, 5) is 0. The van der Waals surface area contributed by atoms with Crippen molar-refractivity contribution in [1.29, 1.82) is 0 Å². The Morgan fingerprint density at radius 1 is 0.294 bits per heavy atom. The molecule has 6 aromatic rings. The van der Waals surface area contributed by atoms with Crippen LogP contribution in [0, 0.1) is 5.41 Å². The predicted octanol–water partition coefficient (Wildman–Crippen LogP) is 13.9. The lowest BCUT2D eigenvalue weighted by molar-refractivity contribution is -0.0528. The monoisotopic (exact) mass is 1020 g/mol. The normalized spacial score (nSPS) is 12.3. The Bertz CT molecular complexity index is 2010. The van der Waals surface area contributed by atoms with Crippen molar-refractivity contribution in [2.75, 3.05) is 95.1 Å². The molecule has 0 unspecified atom stereocenters. The minimum absolute atomic E-state index is 0.343. The first kappa shape index (κ1) is 54.5. The highest BCUT2D eigenvalue weighted by molar-refractivity contribution is 8.15. The van der Waals surface area contributed by atoms with Crippen LogP contribution >= 0.6 is 18.1 Å². The lowest BCUT2D eigenvalue weighted by atomic mass is 9.94. The first-order chi connectivity index (χ1) is 33.1. The molecule has 0 saturated carbocycles. The van der Waals surface area contributed by atoms with Gasteiger partial charge < -0.3 is 14.2 Å². The van der Waals surface area contributed by atoms with E-state index in [0.29, 0.717) is 39.6 Å². The van der Waals surface area contributed by atoms with Crippen molar-refractivity contribution in [1.82, 2.24) is 0 Å². The van der Waals surface area contributed by atoms with Crippen molar-refractivity contribution >= 4 is 53.5 Å². The maximum Gasteiger partial charge on any atom is 0.0564 e. The van der Waals surface area contributed by atoms with Gasteiger partial charge in [-0.2, -0.15) is 0 Å². The molecule has 0 saturated heterocycles. The quantitative estimate of drug-likeness (QED) is 0.0301. The largest absolute Gasteiger partial charge is 0.380 e. The van der Waals surface area contributed by atoms with E-state index in [2.05, 4.69) is 189 Å². The molecule has 362 valence electrons. The second-order valence-corrected chi connectivity index (χ2v) is 36.4. The average molecular weight is 1020 g/mol. The Balaban J connectivity index is 1.10. The molecule has 6 rings (SSSR count). The Hall–Kier alpha value is -2.85. The Morgan fingerprint density at radius 3 is 0.647 bits per heavy atom. The van der Waals surface area contributed by atoms with Crippen LogP contribution in [-0.2, 0) is 88.2 Å². The third-order valence-corrected chi connectivity index (χ3v) is 27.3. The summed E-state index contributed by atoms with van der Waals surface area (Å²) in [7, 11) is 0. The molecule has 9 heteroatoms. The molecule has 6 aromatic carbocycles. The molecule has 0 aliphatic carbocycles. The predicted molar refractivity (Wildman–Crippen MR) is 308 cm³/mol. The molecule has 3 nitrogen and oxygen atoms in total. The first-order valence-corrected chi connectivity index (χ1v) is 34.8. The van der Waals surface area contributed by atoms with Crippen molar-refractivity contribution < 1.29 is 14.2 Å². The third kappa shape index (κ3) is 20.9. The van der Waals surface area contributed by atoms with E-state index >= 15 is 0 Å². The van der Waals surface area contributed by atoms with Crippen LogP contribution in [0.4, 0.5) is 0 Å². The molecule has 0 aliphatic heterocycles. The van der Waals surface area contributed by atoms with Crippen LogP contribution in [-0.4, -0.2) is 95.1 Å². The fourth-order valence-corrected chi connectivity index (χ4v) is 18.4. The molecule has 68 heavy (non-hydrogen) atoms. The van der Waals surface area contributed by atoms with Gasteiger partial charge in [0.25, 0.3) is 0 Å². The number of hydrogen-bond acceptors (Lipinski definition) is 6. The van der Waals surface area contributed by atoms with Gasteiger partial charge in [-0.05, 0) is 127 Å². The second-order valence-electron chi connectivity index (χ2n) is 19.1. The molecule has 0 aromatic heterocycles. The van der Waals surface area contributed by atoms with Crippen molar-refractivity contribution in [3.05, 3.63) is 215 Å². The van der Waals surface area contributed by atoms with Crippen molar-refractivity contribution in [2.45, 2.75) is 45.4 Å². The number of benzene rings is 6. The maximum absolute atomic E-state index is 6.72. The standard InChI is InChI=1S/C59H75O3P3S3/c1-59(50-60-38-47-63(66,41-32-53-20-8-2-9-21-53)42-33-54-22-10-3-11-23-54,51-61-39-48-64(67,43-34-55-24-12-4-13-25-55)44-35-56-26-14-5-15-27-56)52-62-40-49-65(68,45-36-57-28-16-6-17-29-57)46-37-58-30-18-7-19-31-58/h2-31H,32-52H2,1H3. The van der Waals surface area contributed by atoms with Gasteiger partial charge in [-0.3, -0.25) is 0 Å². The van der Waals surface area contributed by atoms with Crippen LogP contribution in [0.5, 0.6) is 0 Å². The second kappa shape index (κ2) is 29.5. The topological polar surface area (TPSA) is 27.7 Å². The SMILES string of the molecule is CC(COCCP(=S)(CCc1ccccc1)CCc1ccccc1)(COCCP(=S)(CCc1ccccc1)CCc1ccccc1)COCCP(=S)(CCc1ccccc1)CCc1ccccc1. The van der Waals surface area contributed by atoms with E-state index < -0.39 is 18.1 Å². The molecular formula is C59H75O3P3S3. The fraction of sp³-hybridized carbons (Fsp3) is 0.390. The van der Waals surface area contributed by atoms with Crippen LogP contribution in [0.15, 0.2) is 182 Å². The van der Waals surface area contributed by atoms with Crippen molar-refractivity contribution in [3.8, 4) is 0 Å². The van der Waals surface area contributed by atoms with Gasteiger partial charge in [0.15, 0.2) is 0 Å². The van der Waals surface area contributed by atoms with E-state index in [1.165, 1.54) is 33.4 Å². The summed E-state index contributed by atoms with van der Waals surface area (Å²) >= 11 is 19.9. The number of rotatable bonds is 33. The van der Waals surface area contributed by atoms with Gasteiger partial charge >= 0.3 is 0 Å². The smallest absolute Gasteiger partial charge is 0.0564 e. The summed E-state index contributed by atoms with van der Waals surface area (Å²) in [5.74, 6) is 0. The molecule has 0 fully saturated rings. The molecule has 0 heterocycles. The van der Waals surface area contributed by atoms with Gasteiger partial charge in [0.2, 0.25) is 0 Å². The first-order valence-electron chi connectivity index (χ1n) is 24.8. The molecule has 0 aliphatic rings. The van der Waals surface area contributed by atoms with Gasteiger partial charge in [0.1, 0.15) is 0 Å². The zero-order chi connectivity index (χ0) is 47.6. The van der Waals surface area contributed by atoms with E-state index in [4.69, 9.17) is 49.6 Å². The Kier molecular flexibility index (Phi) is 23.6. The minimum atomic E-state index is -1.71. The molecule has 0 amide bonds. The van der Waals surface area contributed by atoms with Crippen LogP contribution < -0.4 is 0 Å². The minimum Gasteiger partial charge on any atom is -0.380 e. The lowest BCUT2D eigenvalue weighted by Gasteiger charge is -2.31. The Labute approximate surface area is 426 Å². The summed E-state index contributed by atoms with van der Waals surface area (Å²) in [6.07, 6.45) is 15.2. The van der Waals surface area contributed by atoms with Crippen LogP contribution in [0.3, 0.4) is 0 Å². The number of ether oxygens (including phenoxy) is 3. The maximum atomic E-state index is 6.72. The average Bonchev–Trinajstić information content (AvgIpc) is 3.39. The van der Waals surface area contributed by atoms with Gasteiger partial charge in [-0.15, -0.1) is 0 Å². The summed E-state index contributed by atoms with van der Waals surface area (Å²) in [5.41, 5.74) is 7.83. The van der Waals surface area contributed by atoms with Crippen molar-refractivity contribution in [2.24, 2.45) is 5.41 Å². The molecule has 0 bridgehead atoms. The van der Waals surface area contributed by atoms with Crippen LogP contribution in [0.2, 0.25) is 0 Å². The van der Waals surface area contributed by atoms with E-state index in [1.54, 1.807) is 0 Å². The summed E-state index contributed by atoms with van der Waals surface area (Å²) in [6, 6.07) is 59.8. The van der Waals surface area contributed by atoms with E-state index in [1.807, 2.05) is 0 Å². The van der Waals surface area contributed by atoms with Gasteiger partial charge in [-0.25, -0.2) is 0 Å². The summed E-state index contributed by atoms with van der Waals surface area (Å²) in [6.45, 7) is 5.86. The number of hydrogen-bond donors (Lipinski definition) is 0. The van der Waals surface area contributed by atoms with E-state index in [0.717, 1.165) is 94.0 Å². The zero-order valence-corrected chi connectivity index (χ0v) is 45.6. The molecular weight excluding hydrogens is 946 g/mol. The zero-order valence-electron chi connectivity index (χ0n) is 40.5. The fourth-order valence-electron chi connectivity index (χ4n) is 8.64. The lowest BCUT2D eigenvalue weighted by Crippen LogP contribution is -2.35. The van der Waals surface area contributed by atoms with E-state index in [9.17, 15) is 0 Å². The highest BCUT2D eigenvalue weighted by Crippen LogP contribution is 2.49. The van der Waals surface area contributed by atoms with Crippen LogP contribution in [0.1, 0.15) is 40.3 Å². The summed E-state index contributed by atoms with van der Waals surface area (Å²) < 4.78 is 20.2. The summed E-state index contributed by atoms with van der Waals surface area (Å²) in [5, 5.41) is 0. The third-order valence-electron chi connectivity index (χ3n) is 13.2. The van der Waals surface area contributed by atoms with Crippen LogP contribution in [0.25, 0.3) is 0 Å². The highest BCUT2D eigenvalue weighted by atomic mass is 32.4. The van der Waals surface area contributed by atoms with Crippen molar-refractivity contribution in [3.63, 3.8) is 0 Å². The van der Waals surface area contributed by atoms with Gasteiger partial charge in [-0.1, -0.05) is 224 Å². The number of aryl methyl sites for hydroxylation is 6. The molecule has 0 radical (unpaired) electrons. The Morgan fingerprint density at radius 2 is 0.471 bits per heavy atom.